The van der Waals surface area contributed by atoms with Gasteiger partial charge in [0.15, 0.2) is 11.5 Å². The molecule has 2 N–H and O–H groups in total. The molecular formula is C21H28N2O3. The molecule has 3 rings (SSSR count). The quantitative estimate of drug-likeness (QED) is 0.862. The summed E-state index contributed by atoms with van der Waals surface area (Å²) in [6.07, 6.45) is 0.961. The fourth-order valence-electron chi connectivity index (χ4n) is 3.83. The number of rotatable bonds is 6. The van der Waals surface area contributed by atoms with Crippen molar-refractivity contribution in [1.82, 2.24) is 4.90 Å². The van der Waals surface area contributed by atoms with Crippen molar-refractivity contribution in [1.29, 1.82) is 0 Å². The average Bonchev–Trinajstić information content (AvgIpc) is 2.66. The van der Waals surface area contributed by atoms with Crippen LogP contribution in [-0.2, 0) is 13.0 Å². The summed E-state index contributed by atoms with van der Waals surface area (Å²) in [5.41, 5.74) is 10.1. The lowest BCUT2D eigenvalue weighted by Crippen LogP contribution is -2.43. The van der Waals surface area contributed by atoms with E-state index in [1.807, 2.05) is 12.1 Å². The highest BCUT2D eigenvalue weighted by atomic mass is 16.5. The Labute approximate surface area is 155 Å². The molecule has 0 aromatic heterocycles. The SMILES string of the molecule is COc1cccc(CN2CCc3cc(OC)c(OC)cc3[C@H]2[C@H](C)N)c1. The Bertz CT molecular complexity index is 761. The van der Waals surface area contributed by atoms with Crippen LogP contribution in [0.25, 0.3) is 0 Å². The van der Waals surface area contributed by atoms with E-state index in [9.17, 15) is 0 Å². The maximum Gasteiger partial charge on any atom is 0.161 e. The third-order valence-corrected chi connectivity index (χ3v) is 5.04. The van der Waals surface area contributed by atoms with E-state index in [0.717, 1.165) is 36.8 Å². The molecule has 0 bridgehead atoms. The molecule has 5 heteroatoms. The predicted molar refractivity (Wildman–Crippen MR) is 103 cm³/mol. The molecule has 2 aromatic carbocycles. The Morgan fingerprint density at radius 1 is 1.08 bits per heavy atom. The van der Waals surface area contributed by atoms with Gasteiger partial charge in [-0.3, -0.25) is 4.90 Å². The molecule has 0 saturated heterocycles. The summed E-state index contributed by atoms with van der Waals surface area (Å²) in [5, 5.41) is 0. The summed E-state index contributed by atoms with van der Waals surface area (Å²) < 4.78 is 16.3. The lowest BCUT2D eigenvalue weighted by Gasteiger charge is -2.40. The van der Waals surface area contributed by atoms with Gasteiger partial charge in [0.1, 0.15) is 5.75 Å². The summed E-state index contributed by atoms with van der Waals surface area (Å²) in [6.45, 7) is 3.85. The van der Waals surface area contributed by atoms with Crippen LogP contribution in [0.3, 0.4) is 0 Å². The fourth-order valence-corrected chi connectivity index (χ4v) is 3.83. The van der Waals surface area contributed by atoms with Crippen molar-refractivity contribution in [2.45, 2.75) is 32.0 Å². The van der Waals surface area contributed by atoms with Gasteiger partial charge in [0.2, 0.25) is 0 Å². The van der Waals surface area contributed by atoms with Crippen LogP contribution in [-0.4, -0.2) is 38.8 Å². The smallest absolute Gasteiger partial charge is 0.161 e. The van der Waals surface area contributed by atoms with Crippen LogP contribution in [0.4, 0.5) is 0 Å². The highest BCUT2D eigenvalue weighted by molar-refractivity contribution is 5.50. The third kappa shape index (κ3) is 3.64. The molecule has 0 spiro atoms. The molecule has 140 valence electrons. The molecule has 0 unspecified atom stereocenters. The number of methoxy groups -OCH3 is 3. The molecule has 1 heterocycles. The van der Waals surface area contributed by atoms with Crippen LogP contribution in [0.15, 0.2) is 36.4 Å². The Morgan fingerprint density at radius 3 is 2.46 bits per heavy atom. The van der Waals surface area contributed by atoms with E-state index in [2.05, 4.69) is 36.1 Å². The van der Waals surface area contributed by atoms with Gasteiger partial charge in [-0.2, -0.15) is 0 Å². The Morgan fingerprint density at radius 2 is 1.81 bits per heavy atom. The van der Waals surface area contributed by atoms with Gasteiger partial charge >= 0.3 is 0 Å². The van der Waals surface area contributed by atoms with E-state index in [1.54, 1.807) is 21.3 Å². The summed E-state index contributed by atoms with van der Waals surface area (Å²) in [4.78, 5) is 2.44. The largest absolute Gasteiger partial charge is 0.497 e. The van der Waals surface area contributed by atoms with Crippen LogP contribution < -0.4 is 19.9 Å². The predicted octanol–water partition coefficient (Wildman–Crippen LogP) is 3.16. The number of nitrogens with two attached hydrogens (primary N) is 1. The van der Waals surface area contributed by atoms with Gasteiger partial charge in [-0.25, -0.2) is 0 Å². The first kappa shape index (κ1) is 18.5. The number of fused-ring (bicyclic) bond motifs is 1. The monoisotopic (exact) mass is 356 g/mol. The van der Waals surface area contributed by atoms with Crippen molar-refractivity contribution in [3.05, 3.63) is 53.1 Å². The van der Waals surface area contributed by atoms with Gasteiger partial charge in [0.25, 0.3) is 0 Å². The number of hydrogen-bond donors (Lipinski definition) is 1. The van der Waals surface area contributed by atoms with E-state index >= 15 is 0 Å². The average molecular weight is 356 g/mol. The van der Waals surface area contributed by atoms with Crippen LogP contribution >= 0.6 is 0 Å². The molecule has 26 heavy (non-hydrogen) atoms. The third-order valence-electron chi connectivity index (χ3n) is 5.04. The molecule has 0 aliphatic carbocycles. The van der Waals surface area contributed by atoms with Crippen LogP contribution in [0.1, 0.15) is 29.7 Å². The zero-order valence-electron chi connectivity index (χ0n) is 16.0. The first-order valence-corrected chi connectivity index (χ1v) is 8.94. The molecule has 0 radical (unpaired) electrons. The van der Waals surface area contributed by atoms with Crippen LogP contribution in [0, 0.1) is 0 Å². The van der Waals surface area contributed by atoms with Gasteiger partial charge < -0.3 is 19.9 Å². The van der Waals surface area contributed by atoms with Gasteiger partial charge in [-0.05, 0) is 54.3 Å². The van der Waals surface area contributed by atoms with E-state index in [-0.39, 0.29) is 12.1 Å². The van der Waals surface area contributed by atoms with Crippen molar-refractivity contribution in [2.75, 3.05) is 27.9 Å². The molecule has 0 amide bonds. The molecule has 1 aliphatic heterocycles. The Hall–Kier alpha value is -2.24. The summed E-state index contributed by atoms with van der Waals surface area (Å²) in [7, 11) is 5.04. The summed E-state index contributed by atoms with van der Waals surface area (Å²) >= 11 is 0. The Balaban J connectivity index is 1.94. The van der Waals surface area contributed by atoms with Crippen molar-refractivity contribution >= 4 is 0 Å². The van der Waals surface area contributed by atoms with Crippen molar-refractivity contribution in [2.24, 2.45) is 5.73 Å². The van der Waals surface area contributed by atoms with E-state index in [0.29, 0.717) is 0 Å². The lowest BCUT2D eigenvalue weighted by molar-refractivity contribution is 0.155. The van der Waals surface area contributed by atoms with E-state index < -0.39 is 0 Å². The molecular weight excluding hydrogens is 328 g/mol. The standard InChI is InChI=1S/C21H28N2O3/c1-14(22)21-18-12-20(26-4)19(25-3)11-16(18)8-9-23(21)13-15-6-5-7-17(10-15)24-2/h5-7,10-12,14,21H,8-9,13,22H2,1-4H3/t14-,21+/m0/s1. The van der Waals surface area contributed by atoms with Crippen LogP contribution in [0.2, 0.25) is 0 Å². The highest BCUT2D eigenvalue weighted by Crippen LogP contribution is 2.39. The molecule has 5 nitrogen and oxygen atoms in total. The fraction of sp³-hybridized carbons (Fsp3) is 0.429. The van der Waals surface area contributed by atoms with Gasteiger partial charge in [-0.15, -0.1) is 0 Å². The second-order valence-corrected chi connectivity index (χ2v) is 6.78. The van der Waals surface area contributed by atoms with Crippen molar-refractivity contribution in [3.63, 3.8) is 0 Å². The first-order valence-electron chi connectivity index (χ1n) is 8.94. The van der Waals surface area contributed by atoms with Gasteiger partial charge in [0, 0.05) is 19.1 Å². The van der Waals surface area contributed by atoms with E-state index in [1.165, 1.54) is 16.7 Å². The number of benzene rings is 2. The molecule has 2 aromatic rings. The normalized spacial score (nSPS) is 18.1. The molecule has 0 saturated carbocycles. The van der Waals surface area contributed by atoms with Crippen LogP contribution in [0.5, 0.6) is 17.2 Å². The summed E-state index contributed by atoms with van der Waals surface area (Å²) in [6, 6.07) is 12.5. The van der Waals surface area contributed by atoms with Crippen molar-refractivity contribution < 1.29 is 14.2 Å². The summed E-state index contributed by atoms with van der Waals surface area (Å²) in [5.74, 6) is 2.40. The second-order valence-electron chi connectivity index (χ2n) is 6.78. The maximum atomic E-state index is 6.41. The highest BCUT2D eigenvalue weighted by Gasteiger charge is 2.31. The molecule has 2 atom stereocenters. The Kier molecular flexibility index (Phi) is 5.69. The minimum Gasteiger partial charge on any atom is -0.497 e. The molecule has 0 fully saturated rings. The topological polar surface area (TPSA) is 57.0 Å². The van der Waals surface area contributed by atoms with E-state index in [4.69, 9.17) is 19.9 Å². The zero-order valence-corrected chi connectivity index (χ0v) is 16.0. The lowest BCUT2D eigenvalue weighted by atomic mass is 9.88. The number of nitrogens with zero attached hydrogens (tertiary/aromatic N) is 1. The number of ether oxygens (including phenoxy) is 3. The maximum absolute atomic E-state index is 6.41. The second kappa shape index (κ2) is 7.98. The van der Waals surface area contributed by atoms with Gasteiger partial charge in [0.05, 0.1) is 27.4 Å². The minimum absolute atomic E-state index is 0.00208. The molecule has 1 aliphatic rings. The number of hydrogen-bond acceptors (Lipinski definition) is 5. The van der Waals surface area contributed by atoms with Gasteiger partial charge in [-0.1, -0.05) is 12.1 Å². The minimum atomic E-state index is -0.00208. The van der Waals surface area contributed by atoms with Crippen molar-refractivity contribution in [3.8, 4) is 17.2 Å². The first-order chi connectivity index (χ1) is 12.6. The zero-order chi connectivity index (χ0) is 18.7.